The molecule has 7 heteroatoms. The first-order valence-corrected chi connectivity index (χ1v) is 9.01. The van der Waals surface area contributed by atoms with Gasteiger partial charge < -0.3 is 9.88 Å². The number of hydrogen-bond donors (Lipinski definition) is 2. The number of aromatic nitrogens is 1. The third-order valence-electron chi connectivity index (χ3n) is 4.46. The summed E-state index contributed by atoms with van der Waals surface area (Å²) in [4.78, 5) is 23.8. The fraction of sp³-hybridized carbons (Fsp3) is 0.136. The van der Waals surface area contributed by atoms with Crippen LogP contribution in [0.3, 0.4) is 0 Å². The van der Waals surface area contributed by atoms with Gasteiger partial charge in [-0.3, -0.25) is 9.59 Å². The zero-order valence-corrected chi connectivity index (χ0v) is 16.4. The van der Waals surface area contributed by atoms with Gasteiger partial charge in [0, 0.05) is 22.6 Å². The number of nitrogens with one attached hydrogen (secondary N) is 2. The molecule has 0 saturated carbocycles. The van der Waals surface area contributed by atoms with E-state index in [1.807, 2.05) is 51.1 Å². The summed E-state index contributed by atoms with van der Waals surface area (Å²) in [5.41, 5.74) is 7.05. The Morgan fingerprint density at radius 1 is 1.00 bits per heavy atom. The van der Waals surface area contributed by atoms with E-state index >= 15 is 0 Å². The first-order chi connectivity index (χ1) is 13.9. The van der Waals surface area contributed by atoms with Crippen molar-refractivity contribution in [3.8, 4) is 5.69 Å². The minimum absolute atomic E-state index is 0.0710. The van der Waals surface area contributed by atoms with Crippen LogP contribution < -0.4 is 10.7 Å². The molecule has 29 heavy (non-hydrogen) atoms. The maximum absolute atomic E-state index is 13.6. The first-order valence-electron chi connectivity index (χ1n) is 9.01. The summed E-state index contributed by atoms with van der Waals surface area (Å²) in [6, 6.07) is 15.7. The maximum atomic E-state index is 13.6. The van der Waals surface area contributed by atoms with Crippen molar-refractivity contribution in [3.05, 3.63) is 82.9 Å². The second-order valence-electron chi connectivity index (χ2n) is 6.63. The number of benzene rings is 2. The number of para-hydroxylation sites is 1. The van der Waals surface area contributed by atoms with Gasteiger partial charge in [0.1, 0.15) is 5.82 Å². The van der Waals surface area contributed by atoms with Crippen LogP contribution in [0.4, 0.5) is 10.1 Å². The van der Waals surface area contributed by atoms with Gasteiger partial charge in [-0.2, -0.15) is 5.10 Å². The summed E-state index contributed by atoms with van der Waals surface area (Å²) in [5, 5.41) is 6.06. The lowest BCUT2D eigenvalue weighted by molar-refractivity contribution is -0.136. The van der Waals surface area contributed by atoms with E-state index in [2.05, 4.69) is 20.4 Å². The second kappa shape index (κ2) is 8.52. The smallest absolute Gasteiger partial charge is 0.318 e. The third kappa shape index (κ3) is 4.57. The minimum Gasteiger partial charge on any atom is -0.318 e. The Morgan fingerprint density at radius 2 is 1.69 bits per heavy atom. The van der Waals surface area contributed by atoms with Crippen LogP contribution in [0.25, 0.3) is 5.69 Å². The van der Waals surface area contributed by atoms with Crippen molar-refractivity contribution >= 4 is 23.7 Å². The van der Waals surface area contributed by atoms with Crippen LogP contribution in [0.1, 0.15) is 22.5 Å². The number of hydrazone groups is 1. The van der Waals surface area contributed by atoms with Gasteiger partial charge >= 0.3 is 11.8 Å². The Balaban J connectivity index is 1.68. The zero-order valence-electron chi connectivity index (χ0n) is 16.4. The van der Waals surface area contributed by atoms with Gasteiger partial charge in [0.05, 0.1) is 11.9 Å². The number of rotatable bonds is 4. The normalized spacial score (nSPS) is 10.9. The number of carbonyl (C=O) groups excluding carboxylic acids is 2. The van der Waals surface area contributed by atoms with E-state index in [9.17, 15) is 14.0 Å². The molecule has 2 N–H and O–H groups in total. The van der Waals surface area contributed by atoms with Crippen LogP contribution in [-0.4, -0.2) is 22.6 Å². The standard InChI is InChI=1S/C22H21FN4O2/c1-14-8-10-18(11-9-14)27-15(2)12-17(16(27)3)13-24-26-22(29)21(28)25-20-7-5-4-6-19(20)23/h4-13H,1-3H3,(H,25,28)(H,26,29)/b24-13-. The predicted molar refractivity (Wildman–Crippen MR) is 111 cm³/mol. The summed E-state index contributed by atoms with van der Waals surface area (Å²) in [6.07, 6.45) is 1.47. The molecule has 0 aliphatic heterocycles. The molecule has 0 atom stereocenters. The molecular weight excluding hydrogens is 371 g/mol. The molecule has 148 valence electrons. The number of carbonyl (C=O) groups is 2. The lowest BCUT2D eigenvalue weighted by Crippen LogP contribution is -2.32. The quantitative estimate of drug-likeness (QED) is 0.404. The topological polar surface area (TPSA) is 75.5 Å². The van der Waals surface area contributed by atoms with Crippen molar-refractivity contribution in [2.45, 2.75) is 20.8 Å². The van der Waals surface area contributed by atoms with Crippen molar-refractivity contribution in [2.75, 3.05) is 5.32 Å². The van der Waals surface area contributed by atoms with Crippen molar-refractivity contribution in [1.29, 1.82) is 0 Å². The minimum atomic E-state index is -1.00. The molecule has 0 saturated heterocycles. The Hall–Kier alpha value is -3.74. The number of amides is 2. The SMILES string of the molecule is Cc1ccc(-n2c(C)cc(/C=N\NC(=O)C(=O)Nc3ccccc3F)c2C)cc1. The van der Waals surface area contributed by atoms with Gasteiger partial charge in [0.15, 0.2) is 0 Å². The molecule has 1 aromatic heterocycles. The Labute approximate surface area is 168 Å². The monoisotopic (exact) mass is 392 g/mol. The van der Waals surface area contributed by atoms with Crippen molar-refractivity contribution in [1.82, 2.24) is 9.99 Å². The largest absolute Gasteiger partial charge is 0.329 e. The Kier molecular flexibility index (Phi) is 5.87. The summed E-state index contributed by atoms with van der Waals surface area (Å²) in [7, 11) is 0. The molecular formula is C22H21FN4O2. The molecule has 2 aromatic carbocycles. The predicted octanol–water partition coefficient (Wildman–Crippen LogP) is 3.63. The Morgan fingerprint density at radius 3 is 2.38 bits per heavy atom. The summed E-state index contributed by atoms with van der Waals surface area (Å²) in [6.45, 7) is 5.95. The lowest BCUT2D eigenvalue weighted by Gasteiger charge is -2.09. The molecule has 0 spiro atoms. The molecule has 0 radical (unpaired) electrons. The van der Waals surface area contributed by atoms with E-state index in [1.54, 1.807) is 6.07 Å². The van der Waals surface area contributed by atoms with Crippen LogP contribution in [0.5, 0.6) is 0 Å². The molecule has 3 aromatic rings. The molecule has 0 aliphatic rings. The van der Waals surface area contributed by atoms with Gasteiger partial charge in [-0.05, 0) is 51.1 Å². The Bertz CT molecular complexity index is 1080. The van der Waals surface area contributed by atoms with E-state index in [-0.39, 0.29) is 5.69 Å². The van der Waals surface area contributed by atoms with Gasteiger partial charge in [-0.15, -0.1) is 0 Å². The maximum Gasteiger partial charge on any atom is 0.329 e. The van der Waals surface area contributed by atoms with Crippen LogP contribution in [0.2, 0.25) is 0 Å². The van der Waals surface area contributed by atoms with Gasteiger partial charge in [0.2, 0.25) is 0 Å². The highest BCUT2D eigenvalue weighted by Crippen LogP contribution is 2.20. The van der Waals surface area contributed by atoms with Crippen LogP contribution in [-0.2, 0) is 9.59 Å². The van der Waals surface area contributed by atoms with Gasteiger partial charge in [-0.1, -0.05) is 29.8 Å². The molecule has 0 unspecified atom stereocenters. The number of hydrogen-bond acceptors (Lipinski definition) is 3. The molecule has 0 aliphatic carbocycles. The first kappa shape index (κ1) is 20.0. The van der Waals surface area contributed by atoms with Crippen LogP contribution in [0, 0.1) is 26.6 Å². The van der Waals surface area contributed by atoms with E-state index in [1.165, 1.54) is 30.0 Å². The van der Waals surface area contributed by atoms with Gasteiger partial charge in [0.25, 0.3) is 0 Å². The fourth-order valence-corrected chi connectivity index (χ4v) is 2.96. The van der Waals surface area contributed by atoms with Crippen molar-refractivity contribution in [2.24, 2.45) is 5.10 Å². The van der Waals surface area contributed by atoms with E-state index in [0.29, 0.717) is 0 Å². The summed E-state index contributed by atoms with van der Waals surface area (Å²) < 4.78 is 15.6. The second-order valence-corrected chi connectivity index (χ2v) is 6.63. The average molecular weight is 392 g/mol. The molecule has 2 amide bonds. The lowest BCUT2D eigenvalue weighted by atomic mass is 10.2. The van der Waals surface area contributed by atoms with E-state index in [4.69, 9.17) is 0 Å². The van der Waals surface area contributed by atoms with Crippen molar-refractivity contribution in [3.63, 3.8) is 0 Å². The highest BCUT2D eigenvalue weighted by molar-refractivity contribution is 6.39. The van der Waals surface area contributed by atoms with E-state index < -0.39 is 17.6 Å². The van der Waals surface area contributed by atoms with Crippen LogP contribution in [0.15, 0.2) is 59.7 Å². The highest BCUT2D eigenvalue weighted by Gasteiger charge is 2.15. The summed E-state index contributed by atoms with van der Waals surface area (Å²) in [5.74, 6) is -2.62. The molecule has 0 bridgehead atoms. The van der Waals surface area contributed by atoms with Crippen LogP contribution >= 0.6 is 0 Å². The average Bonchev–Trinajstić information content (AvgIpc) is 2.97. The number of halogens is 1. The number of nitrogens with zero attached hydrogens (tertiary/aromatic N) is 2. The molecule has 3 rings (SSSR count). The highest BCUT2D eigenvalue weighted by atomic mass is 19.1. The van der Waals surface area contributed by atoms with Gasteiger partial charge in [-0.25, -0.2) is 9.82 Å². The summed E-state index contributed by atoms with van der Waals surface area (Å²) >= 11 is 0. The fourth-order valence-electron chi connectivity index (χ4n) is 2.96. The molecule has 6 nitrogen and oxygen atoms in total. The number of anilines is 1. The van der Waals surface area contributed by atoms with E-state index in [0.717, 1.165) is 22.6 Å². The zero-order chi connectivity index (χ0) is 21.0. The van der Waals surface area contributed by atoms with Crippen molar-refractivity contribution < 1.29 is 14.0 Å². The molecule has 1 heterocycles. The number of aryl methyl sites for hydroxylation is 2. The molecule has 0 fully saturated rings. The third-order valence-corrected chi connectivity index (χ3v) is 4.46.